The Kier molecular flexibility index (Phi) is 2.96. The van der Waals surface area contributed by atoms with Gasteiger partial charge in [-0.25, -0.2) is 0 Å². The summed E-state index contributed by atoms with van der Waals surface area (Å²) in [7, 11) is 0. The van der Waals surface area contributed by atoms with Gasteiger partial charge in [0.15, 0.2) is 25.0 Å². The van der Waals surface area contributed by atoms with Crippen LogP contribution in [-0.4, -0.2) is 0 Å². The summed E-state index contributed by atoms with van der Waals surface area (Å²) in [4.78, 5) is 0. The maximum Gasteiger partial charge on any atom is 0.213 e. The van der Waals surface area contributed by atoms with Crippen molar-refractivity contribution in [3.63, 3.8) is 0 Å². The van der Waals surface area contributed by atoms with Gasteiger partial charge in [0.05, 0.1) is 22.3 Å². The molecule has 0 spiro atoms. The van der Waals surface area contributed by atoms with Gasteiger partial charge in [-0.3, -0.25) is 0 Å². The monoisotopic (exact) mass is 348 g/mol. The van der Waals surface area contributed by atoms with E-state index in [0.717, 1.165) is 6.54 Å². The molecule has 2 aliphatic rings. The zero-order valence-electron chi connectivity index (χ0n) is 15.3. The first-order chi connectivity index (χ1) is 13.3. The number of nitrogens with zero attached hydrogens (tertiary/aromatic N) is 2. The molecule has 1 atom stereocenters. The lowest BCUT2D eigenvalue weighted by Crippen LogP contribution is -2.36. The van der Waals surface area contributed by atoms with Crippen LogP contribution >= 0.6 is 0 Å². The first kappa shape index (κ1) is 14.9. The topological polar surface area (TPSA) is 7.76 Å². The fourth-order valence-corrected chi connectivity index (χ4v) is 4.66. The van der Waals surface area contributed by atoms with Gasteiger partial charge in [0, 0.05) is 30.2 Å². The average molecular weight is 348 g/mol. The quantitative estimate of drug-likeness (QED) is 0.393. The number of benzene rings is 2. The Labute approximate surface area is 159 Å². The van der Waals surface area contributed by atoms with Gasteiger partial charge < -0.3 is 0 Å². The van der Waals surface area contributed by atoms with Gasteiger partial charge in [-0.05, 0) is 24.3 Å². The molecule has 1 unspecified atom stereocenters. The Balaban J connectivity index is 1.44. The second-order valence-electron chi connectivity index (χ2n) is 7.56. The van der Waals surface area contributed by atoms with Crippen molar-refractivity contribution in [2.24, 2.45) is 0 Å². The maximum atomic E-state index is 2.41. The number of aromatic nitrogens is 2. The third kappa shape index (κ3) is 2.07. The standard InChI is InChI=1S/C25H20N2/c1-17-21-7-4-5-9-23(21)25-13-11-19(16-27(17)25)18-10-12-24-22-8-3-2-6-20(22)15-26(24)14-18/h2-14,16-17H,15H2,1H3/q+2. The molecule has 0 saturated carbocycles. The second-order valence-corrected chi connectivity index (χ2v) is 7.56. The summed E-state index contributed by atoms with van der Waals surface area (Å²) in [5.41, 5.74) is 10.7. The van der Waals surface area contributed by atoms with Crippen LogP contribution in [0.5, 0.6) is 0 Å². The molecule has 128 valence electrons. The highest BCUT2D eigenvalue weighted by molar-refractivity contribution is 5.69. The highest BCUT2D eigenvalue weighted by Crippen LogP contribution is 2.34. The molecule has 0 fully saturated rings. The smallest absolute Gasteiger partial charge is 0.193 e. The third-order valence-electron chi connectivity index (χ3n) is 6.07. The van der Waals surface area contributed by atoms with Crippen LogP contribution in [0.4, 0.5) is 0 Å². The minimum atomic E-state index is 0.377. The Hall–Kier alpha value is -3.26. The van der Waals surface area contributed by atoms with Crippen molar-refractivity contribution in [1.82, 2.24) is 0 Å². The molecule has 6 rings (SSSR count). The summed E-state index contributed by atoms with van der Waals surface area (Å²) in [6.07, 6.45) is 4.61. The fraction of sp³-hybridized carbons (Fsp3) is 0.120. The minimum Gasteiger partial charge on any atom is -0.193 e. The molecule has 2 heteroatoms. The molecule has 2 aromatic carbocycles. The molecule has 2 nitrogen and oxygen atoms in total. The zero-order chi connectivity index (χ0) is 18.0. The van der Waals surface area contributed by atoms with Crippen LogP contribution in [0.15, 0.2) is 85.2 Å². The van der Waals surface area contributed by atoms with Gasteiger partial charge in [-0.1, -0.05) is 36.4 Å². The van der Waals surface area contributed by atoms with Crippen LogP contribution in [0, 0.1) is 0 Å². The fourth-order valence-electron chi connectivity index (χ4n) is 4.66. The van der Waals surface area contributed by atoms with Gasteiger partial charge >= 0.3 is 0 Å². The van der Waals surface area contributed by atoms with Gasteiger partial charge in [0.2, 0.25) is 11.4 Å². The number of fused-ring (bicyclic) bond motifs is 6. The number of hydrogen-bond donors (Lipinski definition) is 0. The molecule has 0 bridgehead atoms. The summed E-state index contributed by atoms with van der Waals surface area (Å²) in [5.74, 6) is 0. The summed E-state index contributed by atoms with van der Waals surface area (Å²) in [5, 5.41) is 0. The van der Waals surface area contributed by atoms with E-state index >= 15 is 0 Å². The van der Waals surface area contributed by atoms with Crippen molar-refractivity contribution < 1.29 is 9.13 Å². The second kappa shape index (κ2) is 5.37. The van der Waals surface area contributed by atoms with E-state index in [9.17, 15) is 0 Å². The number of hydrogen-bond acceptors (Lipinski definition) is 0. The van der Waals surface area contributed by atoms with Crippen LogP contribution in [-0.2, 0) is 6.54 Å². The van der Waals surface area contributed by atoms with E-state index in [2.05, 4.69) is 101 Å². The zero-order valence-corrected chi connectivity index (χ0v) is 15.3. The van der Waals surface area contributed by atoms with E-state index in [4.69, 9.17) is 0 Å². The molecular formula is C25H20N2+2. The van der Waals surface area contributed by atoms with Crippen LogP contribution < -0.4 is 9.13 Å². The normalized spacial score (nSPS) is 15.8. The molecular weight excluding hydrogens is 328 g/mol. The Morgan fingerprint density at radius 1 is 0.704 bits per heavy atom. The molecule has 0 saturated heterocycles. The lowest BCUT2D eigenvalue weighted by Gasteiger charge is -2.04. The molecule has 2 aromatic heterocycles. The van der Waals surface area contributed by atoms with Crippen molar-refractivity contribution in [2.75, 3.05) is 0 Å². The van der Waals surface area contributed by atoms with Crippen molar-refractivity contribution in [3.05, 3.63) is 96.3 Å². The van der Waals surface area contributed by atoms with Gasteiger partial charge in [-0.2, -0.15) is 9.13 Å². The lowest BCUT2D eigenvalue weighted by atomic mass is 10.0. The van der Waals surface area contributed by atoms with Crippen molar-refractivity contribution in [3.8, 4) is 33.6 Å². The molecule has 27 heavy (non-hydrogen) atoms. The highest BCUT2D eigenvalue weighted by Gasteiger charge is 2.33. The third-order valence-corrected chi connectivity index (χ3v) is 6.07. The number of pyridine rings is 2. The summed E-state index contributed by atoms with van der Waals surface area (Å²) in [6.45, 7) is 3.24. The molecule has 2 aliphatic heterocycles. The van der Waals surface area contributed by atoms with E-state index in [-0.39, 0.29) is 0 Å². The van der Waals surface area contributed by atoms with E-state index in [0.29, 0.717) is 6.04 Å². The highest BCUT2D eigenvalue weighted by atomic mass is 15.0. The molecule has 4 heterocycles. The molecule has 0 N–H and O–H groups in total. The predicted octanol–water partition coefficient (Wildman–Crippen LogP) is 4.55. The predicted molar refractivity (Wildman–Crippen MR) is 106 cm³/mol. The molecule has 4 aromatic rings. The first-order valence-corrected chi connectivity index (χ1v) is 9.56. The molecule has 0 aliphatic carbocycles. The minimum absolute atomic E-state index is 0.377. The van der Waals surface area contributed by atoms with E-state index in [1.807, 2.05) is 0 Å². The van der Waals surface area contributed by atoms with Gasteiger partial charge in [0.25, 0.3) is 0 Å². The first-order valence-electron chi connectivity index (χ1n) is 9.56. The Morgan fingerprint density at radius 3 is 2.30 bits per heavy atom. The number of rotatable bonds is 1. The van der Waals surface area contributed by atoms with Crippen LogP contribution in [0.1, 0.15) is 24.1 Å². The van der Waals surface area contributed by atoms with Gasteiger partial charge in [-0.15, -0.1) is 0 Å². The summed E-state index contributed by atoms with van der Waals surface area (Å²) in [6, 6.07) is 26.9. The van der Waals surface area contributed by atoms with E-state index < -0.39 is 0 Å². The molecule has 0 radical (unpaired) electrons. The Morgan fingerprint density at radius 2 is 1.41 bits per heavy atom. The van der Waals surface area contributed by atoms with Crippen molar-refractivity contribution >= 4 is 0 Å². The van der Waals surface area contributed by atoms with Crippen LogP contribution in [0.2, 0.25) is 0 Å². The lowest BCUT2D eigenvalue weighted by molar-refractivity contribution is -0.694. The van der Waals surface area contributed by atoms with Crippen molar-refractivity contribution in [1.29, 1.82) is 0 Å². The van der Waals surface area contributed by atoms with E-state index in [1.165, 1.54) is 44.8 Å². The van der Waals surface area contributed by atoms with Crippen LogP contribution in [0.3, 0.4) is 0 Å². The largest absolute Gasteiger partial charge is 0.213 e. The van der Waals surface area contributed by atoms with Crippen LogP contribution in [0.25, 0.3) is 33.6 Å². The maximum absolute atomic E-state index is 2.41. The average Bonchev–Trinajstić information content (AvgIpc) is 3.23. The van der Waals surface area contributed by atoms with Gasteiger partial charge in [0.1, 0.15) is 0 Å². The van der Waals surface area contributed by atoms with Crippen molar-refractivity contribution in [2.45, 2.75) is 19.5 Å². The van der Waals surface area contributed by atoms with E-state index in [1.54, 1.807) is 0 Å². The summed E-state index contributed by atoms with van der Waals surface area (Å²) < 4.78 is 4.78. The summed E-state index contributed by atoms with van der Waals surface area (Å²) >= 11 is 0. The SMILES string of the molecule is CC1c2ccccc2-c2ccc(-c3ccc4[n+](c3)Cc3ccccc3-4)c[n+]21. The molecule has 0 amide bonds. The Bertz CT molecular complexity index is 1220.